The Morgan fingerprint density at radius 1 is 1.48 bits per heavy atom. The summed E-state index contributed by atoms with van der Waals surface area (Å²) in [5.41, 5.74) is 1.40. The first-order chi connectivity index (χ1) is 10.2. The Labute approximate surface area is 142 Å². The second-order valence-electron chi connectivity index (χ2n) is 5.85. The Morgan fingerprint density at radius 2 is 2.33 bits per heavy atom. The number of hydrogen-bond acceptors (Lipinski definition) is 3. The predicted octanol–water partition coefficient (Wildman–Crippen LogP) is 4.32. The molecule has 1 saturated heterocycles. The molecule has 0 radical (unpaired) electrons. The van der Waals surface area contributed by atoms with Crippen molar-refractivity contribution >= 4 is 27.7 Å². The molecule has 4 heteroatoms. The van der Waals surface area contributed by atoms with Crippen LogP contribution >= 0.6 is 27.7 Å². The highest BCUT2D eigenvalue weighted by atomic mass is 79.9. The zero-order valence-corrected chi connectivity index (χ0v) is 15.5. The molecule has 1 aromatic rings. The van der Waals surface area contributed by atoms with Gasteiger partial charge in [-0.2, -0.15) is 11.8 Å². The van der Waals surface area contributed by atoms with Gasteiger partial charge in [0.25, 0.3) is 0 Å². The maximum Gasteiger partial charge on any atom is 0.0332 e. The summed E-state index contributed by atoms with van der Waals surface area (Å²) >= 11 is 5.69. The fourth-order valence-corrected chi connectivity index (χ4v) is 4.53. The summed E-state index contributed by atoms with van der Waals surface area (Å²) < 4.78 is 1.17. The van der Waals surface area contributed by atoms with Crippen molar-refractivity contribution in [2.75, 3.05) is 31.6 Å². The van der Waals surface area contributed by atoms with Crippen molar-refractivity contribution in [3.63, 3.8) is 0 Å². The Kier molecular flexibility index (Phi) is 7.58. The Balaban J connectivity index is 1.92. The Bertz CT molecular complexity index is 421. The van der Waals surface area contributed by atoms with Gasteiger partial charge in [0, 0.05) is 22.3 Å². The van der Waals surface area contributed by atoms with Gasteiger partial charge in [0.15, 0.2) is 0 Å². The summed E-state index contributed by atoms with van der Waals surface area (Å²) in [6.07, 6.45) is 3.71. The van der Waals surface area contributed by atoms with Gasteiger partial charge >= 0.3 is 0 Å². The van der Waals surface area contributed by atoms with Crippen molar-refractivity contribution < 1.29 is 0 Å². The van der Waals surface area contributed by atoms with E-state index in [2.05, 4.69) is 76.1 Å². The standard InChI is InChI=1S/C17H27BrN2S/c1-3-9-19-17(14-5-4-6-15(18)12-14)7-10-20(2)16-8-11-21-13-16/h4-6,12,16-17,19H,3,7-11,13H2,1-2H3. The third-order valence-electron chi connectivity index (χ3n) is 4.19. The van der Waals surface area contributed by atoms with Gasteiger partial charge in [0.05, 0.1) is 0 Å². The minimum atomic E-state index is 0.457. The van der Waals surface area contributed by atoms with Crippen LogP contribution in [-0.2, 0) is 0 Å². The molecule has 2 unspecified atom stereocenters. The average Bonchev–Trinajstić information content (AvgIpc) is 3.01. The van der Waals surface area contributed by atoms with Gasteiger partial charge in [0.2, 0.25) is 0 Å². The van der Waals surface area contributed by atoms with Crippen molar-refractivity contribution in [2.45, 2.75) is 38.3 Å². The number of halogens is 1. The Hall–Kier alpha value is -0.0300. The lowest BCUT2D eigenvalue weighted by molar-refractivity contribution is 0.246. The number of thioether (sulfide) groups is 1. The van der Waals surface area contributed by atoms with Gasteiger partial charge in [-0.3, -0.25) is 0 Å². The summed E-state index contributed by atoms with van der Waals surface area (Å²) in [6, 6.07) is 9.96. The highest BCUT2D eigenvalue weighted by molar-refractivity contribution is 9.10. The lowest BCUT2D eigenvalue weighted by atomic mass is 10.0. The van der Waals surface area contributed by atoms with Gasteiger partial charge < -0.3 is 10.2 Å². The van der Waals surface area contributed by atoms with E-state index in [0.717, 1.165) is 12.6 Å². The fraction of sp³-hybridized carbons (Fsp3) is 0.647. The van der Waals surface area contributed by atoms with Crippen molar-refractivity contribution in [2.24, 2.45) is 0 Å². The number of hydrogen-bond donors (Lipinski definition) is 1. The molecule has 118 valence electrons. The van der Waals surface area contributed by atoms with E-state index in [9.17, 15) is 0 Å². The maximum absolute atomic E-state index is 3.71. The van der Waals surface area contributed by atoms with Crippen LogP contribution in [0.2, 0.25) is 0 Å². The smallest absolute Gasteiger partial charge is 0.0332 e. The molecule has 21 heavy (non-hydrogen) atoms. The summed E-state index contributed by atoms with van der Waals surface area (Å²) in [4.78, 5) is 2.55. The molecule has 1 aliphatic heterocycles. The molecular weight excluding hydrogens is 344 g/mol. The van der Waals surface area contributed by atoms with Crippen LogP contribution in [0.25, 0.3) is 0 Å². The Morgan fingerprint density at radius 3 is 3.00 bits per heavy atom. The van der Waals surface area contributed by atoms with Crippen molar-refractivity contribution in [3.05, 3.63) is 34.3 Å². The van der Waals surface area contributed by atoms with Crippen LogP contribution < -0.4 is 5.32 Å². The van der Waals surface area contributed by atoms with Crippen LogP contribution in [0, 0.1) is 0 Å². The molecule has 0 aromatic heterocycles. The molecule has 0 bridgehead atoms. The zero-order chi connectivity index (χ0) is 15.1. The summed E-state index contributed by atoms with van der Waals surface area (Å²) in [6.45, 7) is 4.48. The van der Waals surface area contributed by atoms with Gasteiger partial charge in [-0.25, -0.2) is 0 Å². The van der Waals surface area contributed by atoms with E-state index in [1.807, 2.05) is 0 Å². The number of nitrogens with zero attached hydrogens (tertiary/aromatic N) is 1. The van der Waals surface area contributed by atoms with Crippen LogP contribution in [0.5, 0.6) is 0 Å². The van der Waals surface area contributed by atoms with E-state index in [1.54, 1.807) is 0 Å². The first-order valence-electron chi connectivity index (χ1n) is 7.97. The van der Waals surface area contributed by atoms with E-state index >= 15 is 0 Å². The maximum atomic E-state index is 3.71. The molecule has 1 fully saturated rings. The largest absolute Gasteiger partial charge is 0.310 e. The summed E-state index contributed by atoms with van der Waals surface area (Å²) in [7, 11) is 2.29. The van der Waals surface area contributed by atoms with E-state index < -0.39 is 0 Å². The minimum absolute atomic E-state index is 0.457. The van der Waals surface area contributed by atoms with Crippen LogP contribution in [0.4, 0.5) is 0 Å². The molecule has 1 aliphatic rings. The van der Waals surface area contributed by atoms with Gasteiger partial charge in [-0.15, -0.1) is 0 Å². The molecule has 1 N–H and O–H groups in total. The second kappa shape index (κ2) is 9.19. The van der Waals surface area contributed by atoms with Gasteiger partial charge in [-0.1, -0.05) is 35.0 Å². The molecule has 0 spiro atoms. The number of nitrogens with one attached hydrogen (secondary N) is 1. The molecule has 2 atom stereocenters. The molecule has 0 amide bonds. The number of rotatable bonds is 8. The third kappa shape index (κ3) is 5.59. The summed E-state index contributed by atoms with van der Waals surface area (Å²) in [5, 5.41) is 3.71. The first kappa shape index (κ1) is 17.3. The van der Waals surface area contributed by atoms with Crippen LogP contribution in [-0.4, -0.2) is 42.6 Å². The molecule has 2 nitrogen and oxygen atoms in total. The van der Waals surface area contributed by atoms with E-state index in [4.69, 9.17) is 0 Å². The second-order valence-corrected chi connectivity index (χ2v) is 7.91. The minimum Gasteiger partial charge on any atom is -0.310 e. The normalized spacial score (nSPS) is 20.1. The highest BCUT2D eigenvalue weighted by Gasteiger charge is 2.21. The topological polar surface area (TPSA) is 15.3 Å². The van der Waals surface area contributed by atoms with Crippen molar-refractivity contribution in [3.8, 4) is 0 Å². The lowest BCUT2D eigenvalue weighted by Gasteiger charge is -2.27. The van der Waals surface area contributed by atoms with Crippen molar-refractivity contribution in [1.82, 2.24) is 10.2 Å². The molecule has 1 aromatic carbocycles. The van der Waals surface area contributed by atoms with E-state index in [-0.39, 0.29) is 0 Å². The lowest BCUT2D eigenvalue weighted by Crippen LogP contribution is -2.34. The third-order valence-corrected chi connectivity index (χ3v) is 5.83. The molecule has 0 aliphatic carbocycles. The monoisotopic (exact) mass is 370 g/mol. The number of benzene rings is 1. The first-order valence-corrected chi connectivity index (χ1v) is 9.92. The van der Waals surface area contributed by atoms with Crippen LogP contribution in [0.1, 0.15) is 37.8 Å². The molecule has 1 heterocycles. The van der Waals surface area contributed by atoms with E-state index in [0.29, 0.717) is 6.04 Å². The SMILES string of the molecule is CCCNC(CCN(C)C1CCSC1)c1cccc(Br)c1. The summed E-state index contributed by atoms with van der Waals surface area (Å²) in [5.74, 6) is 2.64. The quantitative estimate of drug-likeness (QED) is 0.733. The van der Waals surface area contributed by atoms with Crippen LogP contribution in [0.15, 0.2) is 28.7 Å². The van der Waals surface area contributed by atoms with Gasteiger partial charge in [0.1, 0.15) is 0 Å². The molecule has 0 saturated carbocycles. The van der Waals surface area contributed by atoms with Crippen molar-refractivity contribution in [1.29, 1.82) is 0 Å². The van der Waals surface area contributed by atoms with Crippen LogP contribution in [0.3, 0.4) is 0 Å². The molecule has 2 rings (SSSR count). The molecular formula is C17H27BrN2S. The average molecular weight is 371 g/mol. The zero-order valence-electron chi connectivity index (χ0n) is 13.1. The van der Waals surface area contributed by atoms with Gasteiger partial charge in [-0.05, 0) is 62.8 Å². The fourth-order valence-electron chi connectivity index (χ4n) is 2.81. The highest BCUT2D eigenvalue weighted by Crippen LogP contribution is 2.24. The van der Waals surface area contributed by atoms with E-state index in [1.165, 1.54) is 47.3 Å². The predicted molar refractivity (Wildman–Crippen MR) is 98.2 cm³/mol.